The molecule has 146 valence electrons. The van der Waals surface area contributed by atoms with Crippen LogP contribution in [-0.4, -0.2) is 21.9 Å². The van der Waals surface area contributed by atoms with Gasteiger partial charge in [0.1, 0.15) is 17.3 Å². The summed E-state index contributed by atoms with van der Waals surface area (Å²) in [7, 11) is 0. The number of hydrogen-bond donors (Lipinski definition) is 0. The van der Waals surface area contributed by atoms with Gasteiger partial charge in [-0.05, 0) is 48.4 Å². The van der Waals surface area contributed by atoms with E-state index >= 15 is 0 Å². The summed E-state index contributed by atoms with van der Waals surface area (Å²) in [6.45, 7) is 2.43. The maximum Gasteiger partial charge on any atom is 0.177 e. The minimum absolute atomic E-state index is 0.0301. The number of halogens is 3. The van der Waals surface area contributed by atoms with Crippen molar-refractivity contribution in [3.8, 4) is 5.75 Å². The zero-order valence-electron chi connectivity index (χ0n) is 15.2. The number of carbonyl (C=O) groups is 1. The molecule has 0 radical (unpaired) electrons. The molecule has 0 spiro atoms. The molecule has 4 nitrogen and oxygen atoms in total. The van der Waals surface area contributed by atoms with Crippen molar-refractivity contribution in [2.24, 2.45) is 0 Å². The number of ketones is 1. The highest BCUT2D eigenvalue weighted by Gasteiger charge is 2.19. The molecule has 0 bridgehead atoms. The smallest absolute Gasteiger partial charge is 0.177 e. The molecule has 0 fully saturated rings. The van der Waals surface area contributed by atoms with Gasteiger partial charge < -0.3 is 9.30 Å². The molecule has 0 aliphatic rings. The van der Waals surface area contributed by atoms with Gasteiger partial charge in [-0.2, -0.15) is 0 Å². The van der Waals surface area contributed by atoms with E-state index in [1.54, 1.807) is 36.8 Å². The van der Waals surface area contributed by atoms with Crippen LogP contribution in [0, 0.1) is 5.82 Å². The molecule has 0 amide bonds. The molecule has 0 saturated heterocycles. The lowest BCUT2D eigenvalue weighted by Crippen LogP contribution is -2.16. The van der Waals surface area contributed by atoms with E-state index in [-0.39, 0.29) is 17.5 Å². The van der Waals surface area contributed by atoms with Crippen molar-refractivity contribution in [1.29, 1.82) is 0 Å². The average Bonchev–Trinajstić information content (AvgIpc) is 3.11. The second kappa shape index (κ2) is 9.22. The number of benzene rings is 2. The predicted octanol–water partition coefficient (Wildman–Crippen LogP) is 5.78. The number of hydrogen-bond acceptors (Lipinski definition) is 3. The Balaban J connectivity index is 1.78. The minimum atomic E-state index is -0.310. The lowest BCUT2D eigenvalue weighted by atomic mass is 9.95. The monoisotopic (exact) mass is 420 g/mol. The van der Waals surface area contributed by atoms with Gasteiger partial charge in [-0.15, -0.1) is 0 Å². The topological polar surface area (TPSA) is 44.1 Å². The van der Waals surface area contributed by atoms with Gasteiger partial charge in [-0.1, -0.05) is 29.3 Å². The van der Waals surface area contributed by atoms with Gasteiger partial charge in [-0.25, -0.2) is 9.37 Å². The molecular formula is C21H19Cl2FN2O2. The third kappa shape index (κ3) is 5.12. The summed E-state index contributed by atoms with van der Waals surface area (Å²) in [6.07, 6.45) is 3.82. The van der Waals surface area contributed by atoms with E-state index in [0.29, 0.717) is 41.1 Å². The van der Waals surface area contributed by atoms with Crippen molar-refractivity contribution in [2.75, 3.05) is 6.61 Å². The van der Waals surface area contributed by atoms with Crippen molar-refractivity contribution >= 4 is 29.0 Å². The van der Waals surface area contributed by atoms with Gasteiger partial charge in [-0.3, -0.25) is 4.79 Å². The van der Waals surface area contributed by atoms with Crippen LogP contribution in [0.4, 0.5) is 4.39 Å². The minimum Gasteiger partial charge on any atom is -0.494 e. The Morgan fingerprint density at radius 2 is 1.96 bits per heavy atom. The van der Waals surface area contributed by atoms with Crippen LogP contribution in [0.3, 0.4) is 0 Å². The number of Topliss-reactive ketones (excluding diaryl/α,β-unsaturated/α-hetero) is 1. The fraction of sp³-hybridized carbons (Fsp3) is 0.238. The van der Waals surface area contributed by atoms with Gasteiger partial charge >= 0.3 is 0 Å². The van der Waals surface area contributed by atoms with Gasteiger partial charge in [0.2, 0.25) is 0 Å². The normalized spacial score (nSPS) is 12.0. The van der Waals surface area contributed by atoms with Crippen LogP contribution >= 0.6 is 23.2 Å². The quantitative estimate of drug-likeness (QED) is 0.433. The number of aromatic nitrogens is 2. The summed E-state index contributed by atoms with van der Waals surface area (Å²) in [5.74, 6) is 0.197. The maximum absolute atomic E-state index is 13.0. The lowest BCUT2D eigenvalue weighted by molar-refractivity contribution is 0.100. The summed E-state index contributed by atoms with van der Waals surface area (Å²) in [5, 5.41) is 1.12. The third-order valence-electron chi connectivity index (χ3n) is 4.44. The SMILES string of the molecule is CC(=O)c1cncn1CC(CCOc1ccc(F)cc1)c1ccc(Cl)cc1Cl. The number of imidazole rings is 1. The predicted molar refractivity (Wildman–Crippen MR) is 108 cm³/mol. The van der Waals surface area contributed by atoms with E-state index in [4.69, 9.17) is 27.9 Å². The zero-order chi connectivity index (χ0) is 20.1. The van der Waals surface area contributed by atoms with Crippen molar-refractivity contribution < 1.29 is 13.9 Å². The van der Waals surface area contributed by atoms with Crippen LogP contribution in [0.2, 0.25) is 10.0 Å². The number of ether oxygens (including phenoxy) is 1. The van der Waals surface area contributed by atoms with Crippen LogP contribution in [0.1, 0.15) is 35.3 Å². The molecule has 1 heterocycles. The fourth-order valence-corrected chi connectivity index (χ4v) is 3.59. The molecule has 2 aromatic carbocycles. The molecule has 1 unspecified atom stereocenters. The van der Waals surface area contributed by atoms with Crippen LogP contribution < -0.4 is 4.74 Å². The first kappa shape index (κ1) is 20.4. The molecule has 3 aromatic rings. The number of nitrogens with zero attached hydrogens (tertiary/aromatic N) is 2. The average molecular weight is 421 g/mol. The van der Waals surface area contributed by atoms with E-state index < -0.39 is 0 Å². The maximum atomic E-state index is 13.0. The summed E-state index contributed by atoms with van der Waals surface area (Å²) in [5.41, 5.74) is 1.45. The Labute approximate surface area is 172 Å². The molecule has 1 atom stereocenters. The summed E-state index contributed by atoms with van der Waals surface area (Å²) >= 11 is 12.5. The molecule has 0 N–H and O–H groups in total. The molecule has 0 aliphatic heterocycles. The summed E-state index contributed by atoms with van der Waals surface area (Å²) in [4.78, 5) is 15.9. The number of rotatable bonds is 8. The number of carbonyl (C=O) groups excluding carboxylic acids is 1. The van der Waals surface area contributed by atoms with Crippen molar-refractivity contribution in [3.63, 3.8) is 0 Å². The van der Waals surface area contributed by atoms with E-state index in [9.17, 15) is 9.18 Å². The first-order valence-electron chi connectivity index (χ1n) is 8.78. The highest BCUT2D eigenvalue weighted by Crippen LogP contribution is 2.31. The standard InChI is InChI=1S/C21H19Cl2FN2O2/c1-14(27)21-11-25-13-26(21)12-15(19-7-2-16(22)10-20(19)23)8-9-28-18-5-3-17(24)4-6-18/h2-7,10-11,13,15H,8-9,12H2,1H3. The van der Waals surface area contributed by atoms with Crippen molar-refractivity contribution in [3.05, 3.63) is 82.1 Å². The van der Waals surface area contributed by atoms with Crippen LogP contribution in [-0.2, 0) is 6.54 Å². The second-order valence-corrected chi connectivity index (χ2v) is 7.28. The Morgan fingerprint density at radius 3 is 2.64 bits per heavy atom. The largest absolute Gasteiger partial charge is 0.494 e. The molecule has 28 heavy (non-hydrogen) atoms. The van der Waals surface area contributed by atoms with Crippen molar-refractivity contribution in [1.82, 2.24) is 9.55 Å². The van der Waals surface area contributed by atoms with Gasteiger partial charge in [0.25, 0.3) is 0 Å². The van der Waals surface area contributed by atoms with E-state index in [1.807, 2.05) is 10.6 Å². The molecule has 7 heteroatoms. The molecular weight excluding hydrogens is 402 g/mol. The van der Waals surface area contributed by atoms with Gasteiger partial charge in [0.05, 0.1) is 19.1 Å². The van der Waals surface area contributed by atoms with Gasteiger partial charge in [0.15, 0.2) is 5.78 Å². The van der Waals surface area contributed by atoms with E-state index in [2.05, 4.69) is 4.98 Å². The lowest BCUT2D eigenvalue weighted by Gasteiger charge is -2.21. The van der Waals surface area contributed by atoms with E-state index in [1.165, 1.54) is 19.1 Å². The highest BCUT2D eigenvalue weighted by atomic mass is 35.5. The molecule has 0 aliphatic carbocycles. The Hall–Kier alpha value is -2.37. The first-order valence-corrected chi connectivity index (χ1v) is 9.54. The van der Waals surface area contributed by atoms with Gasteiger partial charge in [0, 0.05) is 29.4 Å². The Bertz CT molecular complexity index is 957. The molecule has 1 aromatic heterocycles. The molecule has 0 saturated carbocycles. The van der Waals surface area contributed by atoms with E-state index in [0.717, 1.165) is 5.56 Å². The zero-order valence-corrected chi connectivity index (χ0v) is 16.8. The summed E-state index contributed by atoms with van der Waals surface area (Å²) in [6, 6.07) is 11.3. The van der Waals surface area contributed by atoms with Crippen LogP contribution in [0.5, 0.6) is 5.75 Å². The Kier molecular flexibility index (Phi) is 6.70. The summed E-state index contributed by atoms with van der Waals surface area (Å²) < 4.78 is 20.6. The third-order valence-corrected chi connectivity index (χ3v) is 5.00. The van der Waals surface area contributed by atoms with Crippen LogP contribution in [0.25, 0.3) is 0 Å². The van der Waals surface area contributed by atoms with Crippen molar-refractivity contribution in [2.45, 2.75) is 25.8 Å². The molecule has 3 rings (SSSR count). The second-order valence-electron chi connectivity index (χ2n) is 6.44. The van der Waals surface area contributed by atoms with Crippen LogP contribution in [0.15, 0.2) is 55.0 Å². The Morgan fingerprint density at radius 1 is 1.21 bits per heavy atom. The first-order chi connectivity index (χ1) is 13.4. The fourth-order valence-electron chi connectivity index (χ4n) is 3.02. The highest BCUT2D eigenvalue weighted by molar-refractivity contribution is 6.35.